The standard InChI is InChI=1S/C14H24OSi/c1-3-10-14(11-4-2,12-15-16)13-8-6-5-7-9-13/h5-9H,3-4,10-12H2,1-2,16H3. The lowest BCUT2D eigenvalue weighted by molar-refractivity contribution is 0.204. The Morgan fingerprint density at radius 3 is 2.06 bits per heavy atom. The Kier molecular flexibility index (Phi) is 5.78. The van der Waals surface area contributed by atoms with E-state index in [1.807, 2.05) is 0 Å². The van der Waals surface area contributed by atoms with Crippen molar-refractivity contribution in [2.24, 2.45) is 0 Å². The summed E-state index contributed by atoms with van der Waals surface area (Å²) in [6, 6.07) is 10.9. The quantitative estimate of drug-likeness (QED) is 0.662. The fraction of sp³-hybridized carbons (Fsp3) is 0.571. The first-order valence-electron chi connectivity index (χ1n) is 6.33. The van der Waals surface area contributed by atoms with Gasteiger partial charge in [-0.25, -0.2) is 0 Å². The zero-order valence-corrected chi connectivity index (χ0v) is 12.8. The van der Waals surface area contributed by atoms with E-state index in [1.54, 1.807) is 0 Å². The van der Waals surface area contributed by atoms with Crippen LogP contribution in [0.25, 0.3) is 0 Å². The highest BCUT2D eigenvalue weighted by Crippen LogP contribution is 2.34. The van der Waals surface area contributed by atoms with Gasteiger partial charge < -0.3 is 4.43 Å². The molecular formula is C14H24OSi. The maximum atomic E-state index is 5.61. The molecule has 0 saturated carbocycles. The predicted octanol–water partition coefficient (Wildman–Crippen LogP) is 2.82. The maximum absolute atomic E-state index is 5.61. The number of hydrogen-bond donors (Lipinski definition) is 0. The van der Waals surface area contributed by atoms with Crippen LogP contribution in [0.1, 0.15) is 45.1 Å². The average Bonchev–Trinajstić information content (AvgIpc) is 2.31. The van der Waals surface area contributed by atoms with Crippen molar-refractivity contribution in [3.63, 3.8) is 0 Å². The van der Waals surface area contributed by atoms with Crippen LogP contribution in [0.15, 0.2) is 30.3 Å². The summed E-state index contributed by atoms with van der Waals surface area (Å²) in [5, 5.41) is 0. The van der Waals surface area contributed by atoms with E-state index in [0.717, 1.165) is 17.1 Å². The molecule has 0 aliphatic carbocycles. The summed E-state index contributed by atoms with van der Waals surface area (Å²) in [5.74, 6) is 0. The van der Waals surface area contributed by atoms with Gasteiger partial charge in [0.2, 0.25) is 0 Å². The first-order valence-corrected chi connectivity index (χ1v) is 7.15. The molecule has 0 spiro atoms. The van der Waals surface area contributed by atoms with Gasteiger partial charge in [0.05, 0.1) is 0 Å². The van der Waals surface area contributed by atoms with Gasteiger partial charge in [-0.1, -0.05) is 57.0 Å². The molecule has 0 radical (unpaired) electrons. The van der Waals surface area contributed by atoms with Gasteiger partial charge in [0, 0.05) is 12.0 Å². The van der Waals surface area contributed by atoms with Crippen molar-refractivity contribution < 1.29 is 4.43 Å². The lowest BCUT2D eigenvalue weighted by Gasteiger charge is -2.34. The van der Waals surface area contributed by atoms with Crippen molar-refractivity contribution in [1.29, 1.82) is 0 Å². The van der Waals surface area contributed by atoms with Crippen LogP contribution in [0.5, 0.6) is 0 Å². The molecule has 16 heavy (non-hydrogen) atoms. The normalized spacial score (nSPS) is 11.9. The lowest BCUT2D eigenvalue weighted by atomic mass is 9.74. The van der Waals surface area contributed by atoms with Gasteiger partial charge in [-0.05, 0) is 18.4 Å². The molecule has 0 unspecified atom stereocenters. The first kappa shape index (κ1) is 13.5. The van der Waals surface area contributed by atoms with Gasteiger partial charge in [0.25, 0.3) is 0 Å². The summed E-state index contributed by atoms with van der Waals surface area (Å²) < 4.78 is 5.61. The van der Waals surface area contributed by atoms with Gasteiger partial charge in [-0.2, -0.15) is 0 Å². The Balaban J connectivity index is 2.99. The molecule has 0 atom stereocenters. The number of benzene rings is 1. The highest BCUT2D eigenvalue weighted by atomic mass is 28.2. The molecule has 1 rings (SSSR count). The molecule has 0 aliphatic heterocycles. The van der Waals surface area contributed by atoms with Gasteiger partial charge in [0.15, 0.2) is 0 Å². The van der Waals surface area contributed by atoms with E-state index < -0.39 is 0 Å². The van der Waals surface area contributed by atoms with E-state index in [-0.39, 0.29) is 5.41 Å². The molecule has 0 amide bonds. The SMILES string of the molecule is CCCC(CCC)(CO[SiH3])c1ccccc1. The Labute approximate surface area is 103 Å². The molecule has 0 bridgehead atoms. The van der Waals surface area contributed by atoms with Gasteiger partial charge >= 0.3 is 0 Å². The molecular weight excluding hydrogens is 212 g/mol. The molecule has 2 heteroatoms. The molecule has 90 valence electrons. The van der Waals surface area contributed by atoms with Gasteiger partial charge in [-0.15, -0.1) is 0 Å². The first-order chi connectivity index (χ1) is 7.79. The molecule has 0 N–H and O–H groups in total. The minimum atomic E-state index is 0.256. The van der Waals surface area contributed by atoms with Crippen molar-refractivity contribution in [2.45, 2.75) is 44.9 Å². The fourth-order valence-corrected chi connectivity index (χ4v) is 3.22. The molecule has 1 aromatic carbocycles. The monoisotopic (exact) mass is 236 g/mol. The van der Waals surface area contributed by atoms with Crippen LogP contribution in [-0.4, -0.2) is 17.1 Å². The van der Waals surface area contributed by atoms with Crippen LogP contribution in [0.2, 0.25) is 0 Å². The third kappa shape index (κ3) is 3.19. The Morgan fingerprint density at radius 2 is 1.62 bits per heavy atom. The Bertz CT molecular complexity index is 267. The summed E-state index contributed by atoms with van der Waals surface area (Å²) in [6.07, 6.45) is 4.90. The van der Waals surface area contributed by atoms with E-state index in [2.05, 4.69) is 44.2 Å². The Morgan fingerprint density at radius 1 is 1.06 bits per heavy atom. The molecule has 1 aromatic rings. The lowest BCUT2D eigenvalue weighted by Crippen LogP contribution is -2.31. The van der Waals surface area contributed by atoms with Crippen LogP contribution >= 0.6 is 0 Å². The van der Waals surface area contributed by atoms with Crippen LogP contribution in [0, 0.1) is 0 Å². The zero-order chi connectivity index (χ0) is 11.9. The topological polar surface area (TPSA) is 9.23 Å². The van der Waals surface area contributed by atoms with E-state index in [4.69, 9.17) is 4.43 Å². The van der Waals surface area contributed by atoms with Crippen LogP contribution in [0.4, 0.5) is 0 Å². The number of hydrogen-bond acceptors (Lipinski definition) is 1. The van der Waals surface area contributed by atoms with Crippen molar-refractivity contribution in [3.8, 4) is 0 Å². The molecule has 1 nitrogen and oxygen atoms in total. The molecule has 0 aliphatic rings. The van der Waals surface area contributed by atoms with Crippen molar-refractivity contribution >= 4 is 10.5 Å². The second kappa shape index (κ2) is 6.87. The van der Waals surface area contributed by atoms with E-state index in [1.165, 1.54) is 31.2 Å². The van der Waals surface area contributed by atoms with Crippen molar-refractivity contribution in [1.82, 2.24) is 0 Å². The molecule has 0 aromatic heterocycles. The van der Waals surface area contributed by atoms with Crippen LogP contribution in [0.3, 0.4) is 0 Å². The second-order valence-electron chi connectivity index (χ2n) is 4.58. The summed E-state index contributed by atoms with van der Waals surface area (Å²) in [5.41, 5.74) is 1.71. The van der Waals surface area contributed by atoms with Gasteiger partial charge in [0.1, 0.15) is 10.5 Å². The molecule has 0 saturated heterocycles. The summed E-state index contributed by atoms with van der Waals surface area (Å²) >= 11 is 0. The highest BCUT2D eigenvalue weighted by molar-refractivity contribution is 5.98. The molecule has 0 fully saturated rings. The van der Waals surface area contributed by atoms with E-state index in [0.29, 0.717) is 0 Å². The minimum absolute atomic E-state index is 0.256. The van der Waals surface area contributed by atoms with E-state index >= 15 is 0 Å². The third-order valence-corrected chi connectivity index (χ3v) is 3.55. The second-order valence-corrected chi connectivity index (χ2v) is 5.16. The third-order valence-electron chi connectivity index (χ3n) is 3.26. The summed E-state index contributed by atoms with van der Waals surface area (Å²) in [4.78, 5) is 0. The summed E-state index contributed by atoms with van der Waals surface area (Å²) in [7, 11) is 0.835. The van der Waals surface area contributed by atoms with Crippen LogP contribution < -0.4 is 0 Å². The predicted molar refractivity (Wildman–Crippen MR) is 73.8 cm³/mol. The molecule has 0 heterocycles. The largest absolute Gasteiger partial charge is 0.427 e. The fourth-order valence-electron chi connectivity index (χ4n) is 2.67. The average molecular weight is 236 g/mol. The number of rotatable bonds is 7. The Hall–Kier alpha value is -0.603. The smallest absolute Gasteiger partial charge is 0.146 e. The highest BCUT2D eigenvalue weighted by Gasteiger charge is 2.29. The zero-order valence-electron chi connectivity index (χ0n) is 10.8. The van der Waals surface area contributed by atoms with E-state index in [9.17, 15) is 0 Å². The van der Waals surface area contributed by atoms with Crippen molar-refractivity contribution in [3.05, 3.63) is 35.9 Å². The maximum Gasteiger partial charge on any atom is 0.146 e. The van der Waals surface area contributed by atoms with Gasteiger partial charge in [-0.3, -0.25) is 0 Å². The minimum Gasteiger partial charge on any atom is -0.427 e. The van der Waals surface area contributed by atoms with Crippen molar-refractivity contribution in [2.75, 3.05) is 6.61 Å². The summed E-state index contributed by atoms with van der Waals surface area (Å²) in [6.45, 7) is 5.42. The van der Waals surface area contributed by atoms with Crippen LogP contribution in [-0.2, 0) is 9.84 Å².